The van der Waals surface area contributed by atoms with E-state index in [1.54, 1.807) is 0 Å². The molecular weight excluding hydrogens is 300 g/mol. The van der Waals surface area contributed by atoms with Crippen molar-refractivity contribution >= 4 is 28.3 Å². The molecule has 0 radical (unpaired) electrons. The van der Waals surface area contributed by atoms with Gasteiger partial charge in [0.2, 0.25) is 0 Å². The Morgan fingerprint density at radius 1 is 0.708 bits per heavy atom. The lowest BCUT2D eigenvalue weighted by Gasteiger charge is -2.28. The SMILES string of the molecule is O=C1c2ccc3c4c(ccc(c24)C(=O)N1Nc1ccccc1)CC3. The zero-order valence-electron chi connectivity index (χ0n) is 12.9. The number of para-hydroxylation sites is 1. The minimum atomic E-state index is -0.299. The van der Waals surface area contributed by atoms with Crippen molar-refractivity contribution in [3.63, 3.8) is 0 Å². The second-order valence-electron chi connectivity index (χ2n) is 6.22. The van der Waals surface area contributed by atoms with Crippen LogP contribution in [0.2, 0.25) is 0 Å². The summed E-state index contributed by atoms with van der Waals surface area (Å²) in [5.41, 5.74) is 7.30. The Kier molecular flexibility index (Phi) is 2.59. The molecule has 0 atom stereocenters. The Morgan fingerprint density at radius 2 is 1.29 bits per heavy atom. The van der Waals surface area contributed by atoms with E-state index in [1.807, 2.05) is 54.6 Å². The van der Waals surface area contributed by atoms with Crippen molar-refractivity contribution in [1.82, 2.24) is 5.01 Å². The summed E-state index contributed by atoms with van der Waals surface area (Å²) in [5, 5.41) is 3.04. The van der Waals surface area contributed by atoms with E-state index in [-0.39, 0.29) is 11.8 Å². The van der Waals surface area contributed by atoms with Crippen molar-refractivity contribution in [3.8, 4) is 0 Å². The second kappa shape index (κ2) is 4.68. The van der Waals surface area contributed by atoms with Crippen molar-refractivity contribution in [3.05, 3.63) is 76.9 Å². The van der Waals surface area contributed by atoms with Crippen molar-refractivity contribution in [2.24, 2.45) is 0 Å². The highest BCUT2D eigenvalue weighted by molar-refractivity contribution is 6.26. The molecule has 0 unspecified atom stereocenters. The smallest absolute Gasteiger partial charge is 0.280 e. The topological polar surface area (TPSA) is 49.4 Å². The van der Waals surface area contributed by atoms with E-state index in [0.717, 1.165) is 28.6 Å². The predicted molar refractivity (Wildman–Crippen MR) is 91.9 cm³/mol. The zero-order valence-corrected chi connectivity index (χ0v) is 12.9. The molecule has 0 spiro atoms. The molecule has 24 heavy (non-hydrogen) atoms. The second-order valence-corrected chi connectivity index (χ2v) is 6.22. The van der Waals surface area contributed by atoms with Gasteiger partial charge in [-0.05, 0) is 53.6 Å². The first-order valence-corrected chi connectivity index (χ1v) is 8.02. The lowest BCUT2D eigenvalue weighted by molar-refractivity contribution is 0.0649. The fourth-order valence-corrected chi connectivity index (χ4v) is 3.76. The summed E-state index contributed by atoms with van der Waals surface area (Å²) in [4.78, 5) is 25.8. The van der Waals surface area contributed by atoms with Gasteiger partial charge in [0, 0.05) is 5.39 Å². The van der Waals surface area contributed by atoms with Crippen LogP contribution in [0.1, 0.15) is 31.8 Å². The molecule has 5 rings (SSSR count). The molecular formula is C20H14N2O2. The maximum Gasteiger partial charge on any atom is 0.280 e. The van der Waals surface area contributed by atoms with Crippen LogP contribution in [0.4, 0.5) is 5.69 Å². The largest absolute Gasteiger partial charge is 0.288 e. The standard InChI is InChI=1S/C20H14N2O2/c23-19-15-10-8-12-6-7-13-9-11-16(18(15)17(12)13)20(24)22(19)21-14-4-2-1-3-5-14/h1-5,8-11,21H,6-7H2. The van der Waals surface area contributed by atoms with Crippen LogP contribution < -0.4 is 5.43 Å². The van der Waals surface area contributed by atoms with E-state index >= 15 is 0 Å². The van der Waals surface area contributed by atoms with Gasteiger partial charge in [0.15, 0.2) is 0 Å². The molecule has 116 valence electrons. The number of nitrogens with one attached hydrogen (secondary N) is 1. The fourth-order valence-electron chi connectivity index (χ4n) is 3.76. The van der Waals surface area contributed by atoms with E-state index < -0.39 is 0 Å². The summed E-state index contributed by atoms with van der Waals surface area (Å²) >= 11 is 0. The average Bonchev–Trinajstić information content (AvgIpc) is 3.04. The molecule has 0 bridgehead atoms. The Morgan fingerprint density at radius 3 is 1.88 bits per heavy atom. The number of imide groups is 1. The number of hydrogen-bond acceptors (Lipinski definition) is 3. The number of anilines is 1. The van der Waals surface area contributed by atoms with E-state index in [2.05, 4.69) is 5.43 Å². The molecule has 1 aliphatic carbocycles. The Bertz CT molecular complexity index is 966. The van der Waals surface area contributed by atoms with Crippen LogP contribution >= 0.6 is 0 Å². The molecule has 4 heteroatoms. The lowest BCUT2D eigenvalue weighted by atomic mass is 9.92. The number of amides is 2. The van der Waals surface area contributed by atoms with Crippen molar-refractivity contribution in [1.29, 1.82) is 0 Å². The van der Waals surface area contributed by atoms with Crippen LogP contribution in [0.5, 0.6) is 0 Å². The zero-order chi connectivity index (χ0) is 16.3. The van der Waals surface area contributed by atoms with Crippen molar-refractivity contribution in [2.45, 2.75) is 12.8 Å². The van der Waals surface area contributed by atoms with Crippen molar-refractivity contribution in [2.75, 3.05) is 5.43 Å². The molecule has 0 fully saturated rings. The van der Waals surface area contributed by atoms with Gasteiger partial charge in [-0.1, -0.05) is 30.3 Å². The highest BCUT2D eigenvalue weighted by Crippen LogP contribution is 2.38. The molecule has 3 aromatic rings. The Balaban J connectivity index is 1.69. The number of benzene rings is 3. The molecule has 1 aliphatic heterocycles. The average molecular weight is 314 g/mol. The number of nitrogens with zero attached hydrogens (tertiary/aromatic N) is 1. The van der Waals surface area contributed by atoms with Gasteiger partial charge in [-0.15, -0.1) is 0 Å². The molecule has 2 aliphatic rings. The molecule has 0 saturated heterocycles. The van der Waals surface area contributed by atoms with Gasteiger partial charge >= 0.3 is 0 Å². The maximum atomic E-state index is 12.9. The lowest BCUT2D eigenvalue weighted by Crippen LogP contribution is -2.44. The van der Waals surface area contributed by atoms with Gasteiger partial charge in [0.05, 0.1) is 16.8 Å². The summed E-state index contributed by atoms with van der Waals surface area (Å²) < 4.78 is 0. The van der Waals surface area contributed by atoms with Crippen LogP contribution in [0.25, 0.3) is 10.8 Å². The summed E-state index contributed by atoms with van der Waals surface area (Å²) in [6.45, 7) is 0. The normalized spacial score (nSPS) is 15.2. The third kappa shape index (κ3) is 1.68. The molecule has 1 heterocycles. The predicted octanol–water partition coefficient (Wildman–Crippen LogP) is 3.56. The van der Waals surface area contributed by atoms with Gasteiger partial charge in [-0.25, -0.2) is 0 Å². The van der Waals surface area contributed by atoms with Gasteiger partial charge in [0.1, 0.15) is 0 Å². The maximum absolute atomic E-state index is 12.9. The van der Waals surface area contributed by atoms with Crippen LogP contribution in [0.15, 0.2) is 54.6 Å². The van der Waals surface area contributed by atoms with Gasteiger partial charge in [0.25, 0.3) is 11.8 Å². The van der Waals surface area contributed by atoms with E-state index in [0.29, 0.717) is 16.8 Å². The first kappa shape index (κ1) is 13.3. The third-order valence-corrected chi connectivity index (χ3v) is 4.88. The number of carbonyl (C=O) groups excluding carboxylic acids is 2. The van der Waals surface area contributed by atoms with Gasteiger partial charge in [-0.3, -0.25) is 15.0 Å². The summed E-state index contributed by atoms with van der Waals surface area (Å²) in [5.74, 6) is -0.598. The minimum absolute atomic E-state index is 0.299. The summed E-state index contributed by atoms with van der Waals surface area (Å²) in [7, 11) is 0. The monoisotopic (exact) mass is 314 g/mol. The first-order chi connectivity index (χ1) is 11.7. The van der Waals surface area contributed by atoms with E-state index in [9.17, 15) is 9.59 Å². The molecule has 4 nitrogen and oxygen atoms in total. The highest BCUT2D eigenvalue weighted by atomic mass is 16.2. The van der Waals surface area contributed by atoms with Crippen LogP contribution in [-0.2, 0) is 12.8 Å². The third-order valence-electron chi connectivity index (χ3n) is 4.88. The number of rotatable bonds is 2. The molecule has 0 aromatic heterocycles. The van der Waals surface area contributed by atoms with E-state index in [4.69, 9.17) is 0 Å². The van der Waals surface area contributed by atoms with Gasteiger partial charge < -0.3 is 0 Å². The summed E-state index contributed by atoms with van der Waals surface area (Å²) in [6, 6.07) is 17.0. The Hall–Kier alpha value is -3.14. The molecule has 1 N–H and O–H groups in total. The summed E-state index contributed by atoms with van der Waals surface area (Å²) in [6.07, 6.45) is 1.95. The number of hydrazine groups is 1. The number of aryl methyl sites for hydroxylation is 2. The van der Waals surface area contributed by atoms with Crippen LogP contribution in [0.3, 0.4) is 0 Å². The molecule has 3 aromatic carbocycles. The Labute approximate surface area is 138 Å². The first-order valence-electron chi connectivity index (χ1n) is 8.02. The van der Waals surface area contributed by atoms with Gasteiger partial charge in [-0.2, -0.15) is 5.01 Å². The van der Waals surface area contributed by atoms with Crippen LogP contribution in [0, 0.1) is 0 Å². The van der Waals surface area contributed by atoms with Crippen LogP contribution in [-0.4, -0.2) is 16.8 Å². The number of carbonyl (C=O) groups is 2. The number of hydrogen-bond donors (Lipinski definition) is 1. The quantitative estimate of drug-likeness (QED) is 0.736. The minimum Gasteiger partial charge on any atom is -0.288 e. The highest BCUT2D eigenvalue weighted by Gasteiger charge is 2.35. The fraction of sp³-hybridized carbons (Fsp3) is 0.100. The molecule has 0 saturated carbocycles. The van der Waals surface area contributed by atoms with E-state index in [1.165, 1.54) is 11.1 Å². The van der Waals surface area contributed by atoms with Crippen molar-refractivity contribution < 1.29 is 9.59 Å². The molecule has 2 amide bonds.